The number of nitrogens with one attached hydrogen (secondary N) is 2. The predicted octanol–water partition coefficient (Wildman–Crippen LogP) is 3.89. The van der Waals surface area contributed by atoms with Gasteiger partial charge in [0, 0.05) is 17.6 Å². The number of amides is 1. The van der Waals surface area contributed by atoms with Crippen LogP contribution in [0.15, 0.2) is 30.3 Å². The van der Waals surface area contributed by atoms with E-state index >= 15 is 0 Å². The van der Waals surface area contributed by atoms with Gasteiger partial charge in [-0.25, -0.2) is 0 Å². The summed E-state index contributed by atoms with van der Waals surface area (Å²) in [5.74, 6) is 1.46. The Hall–Kier alpha value is -1.39. The van der Waals surface area contributed by atoms with Crippen LogP contribution in [-0.4, -0.2) is 30.1 Å². The molecule has 5 atom stereocenters. The highest BCUT2D eigenvalue weighted by molar-refractivity contribution is 5.84. The van der Waals surface area contributed by atoms with Gasteiger partial charge in [-0.3, -0.25) is 4.79 Å². The molecule has 1 amide bonds. The zero-order chi connectivity index (χ0) is 21.0. The van der Waals surface area contributed by atoms with Gasteiger partial charge in [0.15, 0.2) is 0 Å². The Morgan fingerprint density at radius 3 is 2.27 bits per heavy atom. The lowest BCUT2D eigenvalue weighted by Gasteiger charge is -2.68. The molecule has 0 saturated heterocycles. The minimum atomic E-state index is -0.198. The van der Waals surface area contributed by atoms with Crippen LogP contribution in [0.3, 0.4) is 0 Å². The van der Waals surface area contributed by atoms with Crippen molar-refractivity contribution in [3.63, 3.8) is 0 Å². The van der Waals surface area contributed by atoms with E-state index < -0.39 is 0 Å². The van der Waals surface area contributed by atoms with E-state index in [1.165, 1.54) is 18.4 Å². The number of hydrogen-bond acceptors (Lipinski definition) is 3. The zero-order valence-electron chi connectivity index (χ0n) is 18.8. The Balaban J connectivity index is 1.45. The lowest BCUT2D eigenvalue weighted by molar-refractivity contribution is -0.163. The van der Waals surface area contributed by atoms with Crippen molar-refractivity contribution in [3.05, 3.63) is 35.9 Å². The van der Waals surface area contributed by atoms with Gasteiger partial charge in [-0.15, -0.1) is 0 Å². The molecule has 4 nitrogen and oxygen atoms in total. The fourth-order valence-electron chi connectivity index (χ4n) is 7.98. The molecule has 4 N–H and O–H groups in total. The summed E-state index contributed by atoms with van der Waals surface area (Å²) < 4.78 is 0. The van der Waals surface area contributed by atoms with Crippen molar-refractivity contribution in [2.45, 2.75) is 94.7 Å². The van der Waals surface area contributed by atoms with Crippen LogP contribution < -0.4 is 16.4 Å². The van der Waals surface area contributed by atoms with Crippen molar-refractivity contribution in [1.82, 2.24) is 10.6 Å². The highest BCUT2D eigenvalue weighted by Gasteiger charge is 2.67. The Morgan fingerprint density at radius 2 is 1.67 bits per heavy atom. The number of benzene rings is 1. The van der Waals surface area contributed by atoms with Gasteiger partial charge in [0.05, 0.1) is 5.41 Å². The highest BCUT2D eigenvalue weighted by Crippen LogP contribution is 2.68. The van der Waals surface area contributed by atoms with E-state index in [1.54, 1.807) is 0 Å². The quantitative estimate of drug-likeness (QED) is 0.691. The van der Waals surface area contributed by atoms with E-state index in [4.69, 9.17) is 5.73 Å². The van der Waals surface area contributed by atoms with Crippen molar-refractivity contribution < 1.29 is 4.79 Å². The summed E-state index contributed by atoms with van der Waals surface area (Å²) in [5, 5.41) is 7.38. The molecule has 0 heterocycles. The third-order valence-electron chi connectivity index (χ3n) is 9.45. The molecule has 4 bridgehead atoms. The van der Waals surface area contributed by atoms with Gasteiger partial charge in [0.1, 0.15) is 0 Å². The summed E-state index contributed by atoms with van der Waals surface area (Å²) >= 11 is 0. The molecule has 0 spiro atoms. The molecule has 5 fully saturated rings. The average molecular weight is 410 g/mol. The summed E-state index contributed by atoms with van der Waals surface area (Å²) in [4.78, 5) is 13.8. The van der Waals surface area contributed by atoms with Crippen LogP contribution in [0.4, 0.5) is 0 Å². The van der Waals surface area contributed by atoms with Gasteiger partial charge in [-0.1, -0.05) is 37.3 Å². The maximum Gasteiger partial charge on any atom is 0.226 e. The van der Waals surface area contributed by atoms with Crippen LogP contribution in [-0.2, 0) is 10.2 Å². The first kappa shape index (κ1) is 20.5. The van der Waals surface area contributed by atoms with Crippen molar-refractivity contribution in [3.8, 4) is 0 Å². The molecule has 4 heteroatoms. The number of carbonyl (C=O) groups excluding carboxylic acids is 1. The normalized spacial score (nSPS) is 44.8. The molecule has 30 heavy (non-hydrogen) atoms. The number of hydrogen-bond donors (Lipinski definition) is 3. The van der Waals surface area contributed by atoms with Crippen LogP contribution in [0.5, 0.6) is 0 Å². The molecule has 164 valence electrons. The first-order chi connectivity index (χ1) is 14.4. The summed E-state index contributed by atoms with van der Waals surface area (Å²) in [5.41, 5.74) is 7.68. The van der Waals surface area contributed by atoms with Crippen LogP contribution in [0, 0.1) is 17.3 Å². The molecule has 6 rings (SSSR count). The van der Waals surface area contributed by atoms with Gasteiger partial charge in [-0.05, 0) is 94.1 Å². The molecule has 1 aromatic rings. The van der Waals surface area contributed by atoms with Gasteiger partial charge in [0.2, 0.25) is 5.91 Å². The molecule has 1 aromatic carbocycles. The minimum absolute atomic E-state index is 0.161. The zero-order valence-corrected chi connectivity index (χ0v) is 18.8. The summed E-state index contributed by atoms with van der Waals surface area (Å²) in [7, 11) is 0. The number of nitrogens with two attached hydrogens (primary N) is 1. The molecule has 0 radical (unpaired) electrons. The van der Waals surface area contributed by atoms with Gasteiger partial charge < -0.3 is 16.4 Å². The number of rotatable bonds is 5. The average Bonchev–Trinajstić information content (AvgIpc) is 2.74. The molecule has 0 aliphatic heterocycles. The Labute approximate surface area is 181 Å². The van der Waals surface area contributed by atoms with Crippen molar-refractivity contribution in [2.24, 2.45) is 23.0 Å². The standard InChI is InChI=1S/C26H39N3O/c1-3-28-24(2)19-13-25(18-7-5-4-6-8-18)14-20(24)16-26(15-19,17-25)23(30)29-22-11-9-21(27)10-12-22/h4-8,19-22,28H,3,9-17,27H2,1-2H3,(H,29,30)/t19-,20?,21?,22?,24?,25?,26?/m0/s1. The first-order valence-electron chi connectivity index (χ1n) is 12.3. The van der Waals surface area contributed by atoms with E-state index in [0.717, 1.165) is 51.5 Å². The second kappa shape index (κ2) is 7.34. The molecular formula is C26H39N3O. The molecule has 5 aliphatic carbocycles. The monoisotopic (exact) mass is 409 g/mol. The van der Waals surface area contributed by atoms with Gasteiger partial charge in [0.25, 0.3) is 0 Å². The van der Waals surface area contributed by atoms with Crippen LogP contribution in [0.1, 0.15) is 77.2 Å². The van der Waals surface area contributed by atoms with E-state index in [9.17, 15) is 4.79 Å². The van der Waals surface area contributed by atoms with Crippen molar-refractivity contribution >= 4 is 5.91 Å². The largest absolute Gasteiger partial charge is 0.353 e. The third-order valence-corrected chi connectivity index (χ3v) is 9.45. The second-order valence-corrected chi connectivity index (χ2v) is 11.2. The lowest BCUT2D eigenvalue weighted by atomic mass is 9.38. The summed E-state index contributed by atoms with van der Waals surface area (Å²) in [6, 6.07) is 11.7. The fraction of sp³-hybridized carbons (Fsp3) is 0.731. The smallest absolute Gasteiger partial charge is 0.226 e. The molecule has 4 unspecified atom stereocenters. The maximum absolute atomic E-state index is 13.8. The fourth-order valence-corrected chi connectivity index (χ4v) is 7.98. The van der Waals surface area contributed by atoms with Crippen LogP contribution in [0.2, 0.25) is 0 Å². The molecule has 0 aromatic heterocycles. The Kier molecular flexibility index (Phi) is 5.02. The van der Waals surface area contributed by atoms with Crippen molar-refractivity contribution in [1.29, 1.82) is 0 Å². The lowest BCUT2D eigenvalue weighted by Crippen LogP contribution is -2.71. The van der Waals surface area contributed by atoms with Crippen LogP contribution >= 0.6 is 0 Å². The first-order valence-corrected chi connectivity index (χ1v) is 12.3. The third kappa shape index (κ3) is 3.14. The van der Waals surface area contributed by atoms with Crippen molar-refractivity contribution in [2.75, 3.05) is 6.54 Å². The number of carbonyl (C=O) groups is 1. The van der Waals surface area contributed by atoms with E-state index in [2.05, 4.69) is 54.8 Å². The predicted molar refractivity (Wildman–Crippen MR) is 121 cm³/mol. The Bertz CT molecular complexity index is 767. The summed E-state index contributed by atoms with van der Waals surface area (Å²) in [6.07, 6.45) is 9.68. The molecule has 5 aliphatic rings. The second-order valence-electron chi connectivity index (χ2n) is 11.2. The summed E-state index contributed by atoms with van der Waals surface area (Å²) in [6.45, 7) is 5.67. The van der Waals surface area contributed by atoms with Gasteiger partial charge >= 0.3 is 0 Å². The van der Waals surface area contributed by atoms with E-state index in [-0.39, 0.29) is 16.4 Å². The van der Waals surface area contributed by atoms with E-state index in [1.807, 2.05) is 0 Å². The van der Waals surface area contributed by atoms with Gasteiger partial charge in [-0.2, -0.15) is 0 Å². The Morgan fingerprint density at radius 1 is 1.03 bits per heavy atom. The molecular weight excluding hydrogens is 370 g/mol. The molecule has 5 saturated carbocycles. The van der Waals surface area contributed by atoms with Crippen LogP contribution in [0.25, 0.3) is 0 Å². The minimum Gasteiger partial charge on any atom is -0.353 e. The maximum atomic E-state index is 13.8. The SMILES string of the molecule is CCNC1(C)C2CC3(C(=O)NC4CCC(N)CC4)C[C@@H]1CC(c1ccccc1)(C2)C3. The van der Waals surface area contributed by atoms with E-state index in [0.29, 0.717) is 29.8 Å². The highest BCUT2D eigenvalue weighted by atomic mass is 16.2. The topological polar surface area (TPSA) is 67.2 Å².